The Labute approximate surface area is 146 Å². The highest BCUT2D eigenvalue weighted by Crippen LogP contribution is 2.50. The molecule has 1 aromatic rings. The van der Waals surface area contributed by atoms with E-state index in [4.69, 9.17) is 9.47 Å². The van der Waals surface area contributed by atoms with Gasteiger partial charge in [-0.25, -0.2) is 0 Å². The summed E-state index contributed by atoms with van der Waals surface area (Å²) < 4.78 is 11.7. The number of carbonyl (C=O) groups is 1. The molecule has 2 heterocycles. The number of ether oxygens (including phenoxy) is 2. The van der Waals surface area contributed by atoms with Crippen LogP contribution in [0.25, 0.3) is 0 Å². The average Bonchev–Trinajstić information content (AvgIpc) is 3.37. The summed E-state index contributed by atoms with van der Waals surface area (Å²) in [6.07, 6.45) is 3.93. The third-order valence-corrected chi connectivity index (χ3v) is 4.98. The molecule has 0 radical (unpaired) electrons. The number of morpholine rings is 1. The van der Waals surface area contributed by atoms with E-state index in [1.807, 2.05) is 12.3 Å². The second-order valence-corrected chi connectivity index (χ2v) is 6.95. The average molecular weight is 345 g/mol. The van der Waals surface area contributed by atoms with Gasteiger partial charge >= 0.3 is 5.97 Å². The SMILES string of the molecule is COC(=O)CC1(Cn2cc(CN3CCOCC3)cc(C#N)c2=O)CC1. The summed E-state index contributed by atoms with van der Waals surface area (Å²) >= 11 is 0. The van der Waals surface area contributed by atoms with Crippen LogP contribution in [0.4, 0.5) is 0 Å². The molecule has 0 spiro atoms. The maximum Gasteiger partial charge on any atom is 0.306 e. The van der Waals surface area contributed by atoms with Crippen molar-refractivity contribution in [1.82, 2.24) is 9.47 Å². The molecule has 0 unspecified atom stereocenters. The van der Waals surface area contributed by atoms with Gasteiger partial charge in [-0.2, -0.15) is 5.26 Å². The number of carbonyl (C=O) groups excluding carboxylic acids is 1. The molecule has 0 aromatic carbocycles. The van der Waals surface area contributed by atoms with Gasteiger partial charge in [0.15, 0.2) is 0 Å². The number of pyridine rings is 1. The second kappa shape index (κ2) is 7.38. The molecule has 1 saturated heterocycles. The maximum absolute atomic E-state index is 12.5. The Morgan fingerprint density at radius 1 is 1.40 bits per heavy atom. The van der Waals surface area contributed by atoms with E-state index >= 15 is 0 Å². The largest absolute Gasteiger partial charge is 0.469 e. The van der Waals surface area contributed by atoms with Crippen molar-refractivity contribution in [3.8, 4) is 6.07 Å². The van der Waals surface area contributed by atoms with Crippen molar-refractivity contribution in [1.29, 1.82) is 5.26 Å². The van der Waals surface area contributed by atoms with Gasteiger partial charge in [-0.15, -0.1) is 0 Å². The van der Waals surface area contributed by atoms with Gasteiger partial charge in [-0.1, -0.05) is 0 Å². The van der Waals surface area contributed by atoms with Gasteiger partial charge in [0.25, 0.3) is 5.56 Å². The molecule has 3 rings (SSSR count). The van der Waals surface area contributed by atoms with Crippen molar-refractivity contribution in [3.63, 3.8) is 0 Å². The zero-order valence-electron chi connectivity index (χ0n) is 14.5. The third kappa shape index (κ3) is 4.27. The van der Waals surface area contributed by atoms with E-state index in [9.17, 15) is 14.9 Å². The molecule has 0 N–H and O–H groups in total. The molecule has 1 aliphatic heterocycles. The van der Waals surface area contributed by atoms with Gasteiger partial charge < -0.3 is 14.0 Å². The first-order chi connectivity index (χ1) is 12.0. The number of nitriles is 1. The summed E-state index contributed by atoms with van der Waals surface area (Å²) in [6.45, 7) is 4.22. The summed E-state index contributed by atoms with van der Waals surface area (Å²) in [5, 5.41) is 9.30. The van der Waals surface area contributed by atoms with E-state index in [1.165, 1.54) is 7.11 Å². The van der Waals surface area contributed by atoms with Crippen molar-refractivity contribution in [2.75, 3.05) is 33.4 Å². The standard InChI is InChI=1S/C18H23N3O4/c1-24-16(22)9-18(2-3-18)13-21-12-14(8-15(10-19)17(21)23)11-20-4-6-25-7-5-20/h8,12H,2-7,9,11,13H2,1H3. The zero-order valence-corrected chi connectivity index (χ0v) is 14.5. The van der Waals surface area contributed by atoms with Gasteiger partial charge in [0.05, 0.1) is 26.7 Å². The smallest absolute Gasteiger partial charge is 0.306 e. The lowest BCUT2D eigenvalue weighted by atomic mass is 10.0. The van der Waals surface area contributed by atoms with Crippen LogP contribution in [0.15, 0.2) is 17.1 Å². The summed E-state index contributed by atoms with van der Waals surface area (Å²) in [4.78, 5) is 26.4. The van der Waals surface area contributed by atoms with E-state index in [2.05, 4.69) is 4.90 Å². The Hall–Kier alpha value is -2.17. The van der Waals surface area contributed by atoms with Crippen molar-refractivity contribution < 1.29 is 14.3 Å². The van der Waals surface area contributed by atoms with E-state index in [-0.39, 0.29) is 22.5 Å². The van der Waals surface area contributed by atoms with Crippen molar-refractivity contribution >= 4 is 5.97 Å². The lowest BCUT2D eigenvalue weighted by Gasteiger charge is -2.27. The molecular formula is C18H23N3O4. The van der Waals surface area contributed by atoms with Crippen LogP contribution in [0.3, 0.4) is 0 Å². The Morgan fingerprint density at radius 2 is 2.12 bits per heavy atom. The highest BCUT2D eigenvalue weighted by atomic mass is 16.5. The molecule has 25 heavy (non-hydrogen) atoms. The molecule has 0 amide bonds. The number of methoxy groups -OCH3 is 1. The minimum atomic E-state index is -0.288. The van der Waals surface area contributed by atoms with Gasteiger partial charge in [0.2, 0.25) is 0 Å². The first-order valence-electron chi connectivity index (χ1n) is 8.56. The topological polar surface area (TPSA) is 84.6 Å². The van der Waals surface area contributed by atoms with Crippen LogP contribution in [-0.2, 0) is 27.4 Å². The number of hydrogen-bond acceptors (Lipinski definition) is 6. The molecule has 134 valence electrons. The predicted octanol–water partition coefficient (Wildman–Crippen LogP) is 0.895. The van der Waals surface area contributed by atoms with E-state index in [0.717, 1.165) is 31.5 Å². The minimum Gasteiger partial charge on any atom is -0.469 e. The van der Waals surface area contributed by atoms with Gasteiger partial charge in [-0.3, -0.25) is 14.5 Å². The van der Waals surface area contributed by atoms with Crippen LogP contribution in [0.2, 0.25) is 0 Å². The van der Waals surface area contributed by atoms with Crippen LogP contribution in [0.1, 0.15) is 30.4 Å². The molecular weight excluding hydrogens is 322 g/mol. The number of esters is 1. The molecule has 2 aliphatic rings. The van der Waals surface area contributed by atoms with Crippen molar-refractivity contribution in [3.05, 3.63) is 33.7 Å². The van der Waals surface area contributed by atoms with Crippen LogP contribution < -0.4 is 5.56 Å². The summed E-state index contributed by atoms with van der Waals surface area (Å²) in [7, 11) is 1.38. The first-order valence-corrected chi connectivity index (χ1v) is 8.56. The highest BCUT2D eigenvalue weighted by molar-refractivity contribution is 5.70. The molecule has 2 fully saturated rings. The van der Waals surface area contributed by atoms with Crippen LogP contribution in [-0.4, -0.2) is 48.8 Å². The van der Waals surface area contributed by atoms with E-state index < -0.39 is 0 Å². The Balaban J connectivity index is 1.80. The number of hydrogen-bond donors (Lipinski definition) is 0. The highest BCUT2D eigenvalue weighted by Gasteiger charge is 2.45. The molecule has 1 aliphatic carbocycles. The normalized spacial score (nSPS) is 19.2. The molecule has 0 bridgehead atoms. The summed E-state index contributed by atoms with van der Waals surface area (Å²) in [5.41, 5.74) is 0.595. The van der Waals surface area contributed by atoms with Crippen LogP contribution >= 0.6 is 0 Å². The third-order valence-electron chi connectivity index (χ3n) is 4.98. The first kappa shape index (κ1) is 17.6. The molecule has 1 aromatic heterocycles. The van der Waals surface area contributed by atoms with Crippen LogP contribution in [0, 0.1) is 16.7 Å². The Bertz CT molecular complexity index is 740. The fourth-order valence-electron chi connectivity index (χ4n) is 3.31. The predicted molar refractivity (Wildman–Crippen MR) is 89.8 cm³/mol. The minimum absolute atomic E-state index is 0.152. The molecule has 7 nitrogen and oxygen atoms in total. The lowest BCUT2D eigenvalue weighted by Crippen LogP contribution is -2.36. The lowest BCUT2D eigenvalue weighted by molar-refractivity contribution is -0.142. The molecule has 7 heteroatoms. The fraction of sp³-hybridized carbons (Fsp3) is 0.611. The second-order valence-electron chi connectivity index (χ2n) is 6.95. The molecule has 1 saturated carbocycles. The van der Waals surface area contributed by atoms with E-state index in [0.29, 0.717) is 32.7 Å². The van der Waals surface area contributed by atoms with Crippen LogP contribution in [0.5, 0.6) is 0 Å². The number of rotatable bonds is 6. The van der Waals surface area contributed by atoms with Crippen molar-refractivity contribution in [2.24, 2.45) is 5.41 Å². The van der Waals surface area contributed by atoms with Gasteiger partial charge in [0, 0.05) is 32.4 Å². The number of aromatic nitrogens is 1. The maximum atomic E-state index is 12.5. The van der Waals surface area contributed by atoms with Gasteiger partial charge in [-0.05, 0) is 29.9 Å². The molecule has 0 atom stereocenters. The summed E-state index contributed by atoms with van der Waals surface area (Å²) in [6, 6.07) is 3.68. The monoisotopic (exact) mass is 345 g/mol. The number of nitrogens with zero attached hydrogens (tertiary/aromatic N) is 3. The van der Waals surface area contributed by atoms with Gasteiger partial charge in [0.1, 0.15) is 11.6 Å². The quantitative estimate of drug-likeness (QED) is 0.712. The van der Waals surface area contributed by atoms with Crippen molar-refractivity contribution in [2.45, 2.75) is 32.4 Å². The van der Waals surface area contributed by atoms with E-state index in [1.54, 1.807) is 10.6 Å². The summed E-state index contributed by atoms with van der Waals surface area (Å²) in [5.74, 6) is -0.254. The Kier molecular flexibility index (Phi) is 5.21. The zero-order chi connectivity index (χ0) is 17.9. The fourth-order valence-corrected chi connectivity index (χ4v) is 3.31. The Morgan fingerprint density at radius 3 is 2.72 bits per heavy atom.